The Morgan fingerprint density at radius 3 is 3.00 bits per heavy atom. The predicted molar refractivity (Wildman–Crippen MR) is 68.4 cm³/mol. The predicted octanol–water partition coefficient (Wildman–Crippen LogP) is 0.835. The van der Waals surface area contributed by atoms with Crippen molar-refractivity contribution in [2.45, 2.75) is 12.8 Å². The van der Waals surface area contributed by atoms with Gasteiger partial charge in [0.2, 0.25) is 5.88 Å². The molecule has 4 N–H and O–H groups in total. The number of nitrogens with two attached hydrogens (primary N) is 1. The Hall–Kier alpha value is -2.31. The summed E-state index contributed by atoms with van der Waals surface area (Å²) in [6, 6.07) is 0. The fourth-order valence-electron chi connectivity index (χ4n) is 1.58. The summed E-state index contributed by atoms with van der Waals surface area (Å²) in [5.74, 6) is 1.96. The number of anilines is 2. The number of rotatable bonds is 6. The average molecular weight is 248 g/mol. The van der Waals surface area contributed by atoms with Gasteiger partial charge in [0, 0.05) is 25.4 Å². The monoisotopic (exact) mass is 248 g/mol. The third-order valence-corrected chi connectivity index (χ3v) is 2.48. The van der Waals surface area contributed by atoms with Crippen molar-refractivity contribution in [2.75, 3.05) is 24.7 Å². The smallest absolute Gasteiger partial charge is 0.242 e. The summed E-state index contributed by atoms with van der Waals surface area (Å²) in [5.41, 5.74) is 6.27. The van der Waals surface area contributed by atoms with Crippen LogP contribution in [0, 0.1) is 0 Å². The molecule has 0 bridgehead atoms. The molecule has 0 atom stereocenters. The topological polar surface area (TPSA) is 102 Å². The highest BCUT2D eigenvalue weighted by Gasteiger charge is 2.07. The number of ether oxygens (including phenoxy) is 1. The highest BCUT2D eigenvalue weighted by molar-refractivity contribution is 5.66. The van der Waals surface area contributed by atoms with E-state index >= 15 is 0 Å². The van der Waals surface area contributed by atoms with E-state index in [0.29, 0.717) is 17.4 Å². The van der Waals surface area contributed by atoms with Gasteiger partial charge in [0.25, 0.3) is 0 Å². The molecule has 0 aromatic carbocycles. The SMILES string of the molecule is COc1ncnc(NCCCc2ncc[nH]2)c1N. The summed E-state index contributed by atoms with van der Waals surface area (Å²) >= 11 is 0. The molecule has 0 aliphatic heterocycles. The quantitative estimate of drug-likeness (QED) is 0.655. The molecule has 0 radical (unpaired) electrons. The van der Waals surface area contributed by atoms with Gasteiger partial charge in [-0.25, -0.2) is 9.97 Å². The van der Waals surface area contributed by atoms with Gasteiger partial charge in [-0.1, -0.05) is 0 Å². The Morgan fingerprint density at radius 1 is 1.39 bits per heavy atom. The van der Waals surface area contributed by atoms with Crippen molar-refractivity contribution in [2.24, 2.45) is 0 Å². The number of H-pyrrole nitrogens is 1. The van der Waals surface area contributed by atoms with Crippen LogP contribution in [-0.4, -0.2) is 33.6 Å². The number of hydrogen-bond acceptors (Lipinski definition) is 6. The first kappa shape index (κ1) is 12.2. The Balaban J connectivity index is 1.83. The molecule has 0 unspecified atom stereocenters. The van der Waals surface area contributed by atoms with Crippen LogP contribution in [0.25, 0.3) is 0 Å². The minimum atomic E-state index is 0.388. The first-order chi connectivity index (χ1) is 8.81. The number of aromatic nitrogens is 4. The first-order valence-electron chi connectivity index (χ1n) is 5.68. The second kappa shape index (κ2) is 5.85. The van der Waals surface area contributed by atoms with E-state index in [9.17, 15) is 0 Å². The molecule has 0 saturated carbocycles. The van der Waals surface area contributed by atoms with Crippen molar-refractivity contribution < 1.29 is 4.74 Å². The van der Waals surface area contributed by atoms with Crippen molar-refractivity contribution >= 4 is 11.5 Å². The van der Waals surface area contributed by atoms with Gasteiger partial charge >= 0.3 is 0 Å². The summed E-state index contributed by atoms with van der Waals surface area (Å²) in [4.78, 5) is 15.2. The van der Waals surface area contributed by atoms with Crippen LogP contribution in [0.15, 0.2) is 18.7 Å². The molecule has 0 spiro atoms. The van der Waals surface area contributed by atoms with Crippen LogP contribution in [-0.2, 0) is 6.42 Å². The maximum absolute atomic E-state index is 5.84. The molecule has 96 valence electrons. The van der Waals surface area contributed by atoms with E-state index in [4.69, 9.17) is 10.5 Å². The Morgan fingerprint density at radius 2 is 2.28 bits per heavy atom. The highest BCUT2D eigenvalue weighted by atomic mass is 16.5. The summed E-state index contributed by atoms with van der Waals surface area (Å²) in [6.45, 7) is 0.755. The molecule has 0 aliphatic rings. The molecule has 0 saturated heterocycles. The first-order valence-corrected chi connectivity index (χ1v) is 5.68. The summed E-state index contributed by atoms with van der Waals surface area (Å²) in [6.07, 6.45) is 6.79. The minimum Gasteiger partial charge on any atom is -0.479 e. The van der Waals surface area contributed by atoms with E-state index in [1.807, 2.05) is 6.20 Å². The molecule has 7 nitrogen and oxygen atoms in total. The number of aryl methyl sites for hydroxylation is 1. The summed E-state index contributed by atoms with van der Waals surface area (Å²) < 4.78 is 5.02. The highest BCUT2D eigenvalue weighted by Crippen LogP contribution is 2.23. The van der Waals surface area contributed by atoms with Gasteiger partial charge in [-0.05, 0) is 6.42 Å². The molecule has 0 amide bonds. The van der Waals surface area contributed by atoms with Crippen LogP contribution in [0.3, 0.4) is 0 Å². The van der Waals surface area contributed by atoms with E-state index in [1.54, 1.807) is 6.20 Å². The van der Waals surface area contributed by atoms with Crippen LogP contribution >= 0.6 is 0 Å². The van der Waals surface area contributed by atoms with Gasteiger partial charge in [-0.15, -0.1) is 0 Å². The molecule has 2 aromatic heterocycles. The van der Waals surface area contributed by atoms with Gasteiger partial charge in [0.1, 0.15) is 17.8 Å². The molecule has 2 heterocycles. The molecule has 7 heteroatoms. The maximum Gasteiger partial charge on any atom is 0.242 e. The lowest BCUT2D eigenvalue weighted by Crippen LogP contribution is -2.09. The third kappa shape index (κ3) is 2.88. The summed E-state index contributed by atoms with van der Waals surface area (Å²) in [7, 11) is 1.53. The molecule has 0 fully saturated rings. The van der Waals surface area contributed by atoms with Crippen molar-refractivity contribution in [3.63, 3.8) is 0 Å². The lowest BCUT2D eigenvalue weighted by Gasteiger charge is -2.09. The van der Waals surface area contributed by atoms with Crippen LogP contribution in [0.5, 0.6) is 5.88 Å². The Kier molecular flexibility index (Phi) is 3.95. The van der Waals surface area contributed by atoms with Crippen molar-refractivity contribution in [1.29, 1.82) is 0 Å². The van der Waals surface area contributed by atoms with E-state index in [2.05, 4.69) is 25.3 Å². The fourth-order valence-corrected chi connectivity index (χ4v) is 1.58. The molecule has 2 rings (SSSR count). The molecular formula is C11H16N6O. The molecule has 0 aliphatic carbocycles. The normalized spacial score (nSPS) is 10.3. The van der Waals surface area contributed by atoms with Crippen LogP contribution < -0.4 is 15.8 Å². The number of imidazole rings is 1. The minimum absolute atomic E-state index is 0.388. The Labute approximate surface area is 105 Å². The number of nitrogens with zero attached hydrogens (tertiary/aromatic N) is 3. The standard InChI is InChI=1S/C11H16N6O/c1-18-11-9(12)10(16-7-17-11)15-4-2-3-8-13-5-6-14-8/h5-7H,2-4,12H2,1H3,(H,13,14)(H,15,16,17). The zero-order chi connectivity index (χ0) is 12.8. The largest absolute Gasteiger partial charge is 0.479 e. The summed E-state index contributed by atoms with van der Waals surface area (Å²) in [5, 5.41) is 3.15. The number of aromatic amines is 1. The second-order valence-corrected chi connectivity index (χ2v) is 3.71. The second-order valence-electron chi connectivity index (χ2n) is 3.71. The number of methoxy groups -OCH3 is 1. The van der Waals surface area contributed by atoms with Gasteiger partial charge in [0.15, 0.2) is 5.82 Å². The van der Waals surface area contributed by atoms with E-state index < -0.39 is 0 Å². The zero-order valence-corrected chi connectivity index (χ0v) is 10.2. The van der Waals surface area contributed by atoms with E-state index in [-0.39, 0.29) is 0 Å². The van der Waals surface area contributed by atoms with Crippen LogP contribution in [0.2, 0.25) is 0 Å². The third-order valence-electron chi connectivity index (χ3n) is 2.48. The number of nitrogen functional groups attached to an aromatic ring is 1. The lowest BCUT2D eigenvalue weighted by atomic mass is 10.3. The van der Waals surface area contributed by atoms with Gasteiger partial charge in [-0.2, -0.15) is 4.98 Å². The van der Waals surface area contributed by atoms with Crippen molar-refractivity contribution in [3.05, 3.63) is 24.5 Å². The fraction of sp³-hybridized carbons (Fsp3) is 0.364. The van der Waals surface area contributed by atoms with E-state index in [0.717, 1.165) is 25.2 Å². The maximum atomic E-state index is 5.84. The van der Waals surface area contributed by atoms with Gasteiger partial charge in [0.05, 0.1) is 7.11 Å². The molecule has 2 aromatic rings. The van der Waals surface area contributed by atoms with Crippen molar-refractivity contribution in [3.8, 4) is 5.88 Å². The van der Waals surface area contributed by atoms with Crippen LogP contribution in [0.1, 0.15) is 12.2 Å². The van der Waals surface area contributed by atoms with E-state index in [1.165, 1.54) is 13.4 Å². The Bertz CT molecular complexity index is 484. The van der Waals surface area contributed by atoms with Gasteiger partial charge in [-0.3, -0.25) is 0 Å². The number of nitrogens with one attached hydrogen (secondary N) is 2. The van der Waals surface area contributed by atoms with Gasteiger partial charge < -0.3 is 20.8 Å². The number of hydrogen-bond donors (Lipinski definition) is 3. The molecule has 18 heavy (non-hydrogen) atoms. The van der Waals surface area contributed by atoms with Crippen molar-refractivity contribution in [1.82, 2.24) is 19.9 Å². The lowest BCUT2D eigenvalue weighted by molar-refractivity contribution is 0.399. The zero-order valence-electron chi connectivity index (χ0n) is 10.2. The average Bonchev–Trinajstić information content (AvgIpc) is 2.89. The van der Waals surface area contributed by atoms with Crippen LogP contribution in [0.4, 0.5) is 11.5 Å². The molecular weight excluding hydrogens is 232 g/mol.